The highest BCUT2D eigenvalue weighted by atomic mass is 35.5. The zero-order chi connectivity index (χ0) is 52.5. The van der Waals surface area contributed by atoms with Gasteiger partial charge in [-0.1, -0.05) is 48.7 Å². The van der Waals surface area contributed by atoms with E-state index in [4.69, 9.17) is 33.3 Å². The van der Waals surface area contributed by atoms with Crippen molar-refractivity contribution >= 4 is 75.2 Å². The van der Waals surface area contributed by atoms with Crippen LogP contribution < -0.4 is 26.0 Å². The molecule has 2 amide bonds. The van der Waals surface area contributed by atoms with Crippen LogP contribution in [0.3, 0.4) is 0 Å². The molecule has 0 saturated carbocycles. The van der Waals surface area contributed by atoms with E-state index >= 15 is 0 Å². The average Bonchev–Trinajstić information content (AvgIpc) is 3.88. The highest BCUT2D eigenvalue weighted by Crippen LogP contribution is 2.57. The Labute approximate surface area is 429 Å². The predicted molar refractivity (Wildman–Crippen MR) is 269 cm³/mol. The number of esters is 1. The van der Waals surface area contributed by atoms with Crippen molar-refractivity contribution < 1.29 is 61.9 Å². The monoisotopic (exact) mass is 1050 g/mol. The number of carboxylic acid groups (broad SMARTS) is 1. The number of carboxylic acids is 1. The van der Waals surface area contributed by atoms with E-state index in [2.05, 4.69) is 26.4 Å². The summed E-state index contributed by atoms with van der Waals surface area (Å²) < 4.78 is 55.1. The lowest BCUT2D eigenvalue weighted by molar-refractivity contribution is -0.138. The van der Waals surface area contributed by atoms with Crippen molar-refractivity contribution in [2.75, 3.05) is 25.0 Å². The fourth-order valence-corrected chi connectivity index (χ4v) is 9.43. The topological polar surface area (TPSA) is 230 Å². The number of anilines is 1. The number of aromatic hydroxyl groups is 2. The molecule has 0 radical (unpaired) electrons. The van der Waals surface area contributed by atoms with Crippen LogP contribution in [0.15, 0.2) is 115 Å². The molecule has 16 nitrogen and oxygen atoms in total. The van der Waals surface area contributed by atoms with Crippen molar-refractivity contribution in [2.45, 2.75) is 43.9 Å². The molecule has 0 aliphatic carbocycles. The first-order valence-electron chi connectivity index (χ1n) is 23.0. The zero-order valence-electron chi connectivity index (χ0n) is 38.6. The van der Waals surface area contributed by atoms with Crippen LogP contribution in [0.4, 0.5) is 18.9 Å². The smallest absolute Gasteiger partial charge is 0.417 e. The number of benzene rings is 6. The first-order chi connectivity index (χ1) is 35.4. The van der Waals surface area contributed by atoms with Crippen molar-refractivity contribution in [2.24, 2.45) is 0 Å². The lowest BCUT2D eigenvalue weighted by Gasteiger charge is -2.36. The summed E-state index contributed by atoms with van der Waals surface area (Å²) in [6, 6.07) is 26.9. The Kier molecular flexibility index (Phi) is 14.0. The molecule has 0 saturated heterocycles. The highest BCUT2D eigenvalue weighted by Gasteiger charge is 2.54. The van der Waals surface area contributed by atoms with Crippen molar-refractivity contribution in [3.05, 3.63) is 165 Å². The first-order valence-corrected chi connectivity index (χ1v) is 23.8. The number of aromatic carboxylic acids is 1. The van der Waals surface area contributed by atoms with Gasteiger partial charge < -0.3 is 46.1 Å². The number of rotatable bonds is 15. The van der Waals surface area contributed by atoms with E-state index in [0.717, 1.165) is 29.3 Å². The predicted octanol–water partition coefficient (Wildman–Crippen LogP) is 9.52. The van der Waals surface area contributed by atoms with Gasteiger partial charge in [0.2, 0.25) is 5.91 Å². The maximum Gasteiger partial charge on any atom is 0.417 e. The van der Waals surface area contributed by atoms with Crippen LogP contribution in [0, 0.1) is 0 Å². The second-order valence-electron chi connectivity index (χ2n) is 17.3. The average molecular weight is 1050 g/mol. The summed E-state index contributed by atoms with van der Waals surface area (Å²) in [7, 11) is 0. The minimum atomic E-state index is -4.93. The number of amides is 2. The lowest BCUT2D eigenvalue weighted by Crippen LogP contribution is -2.33. The fourth-order valence-electron chi connectivity index (χ4n) is 8.95. The molecule has 2 aliphatic rings. The minimum absolute atomic E-state index is 0.0201. The van der Waals surface area contributed by atoms with Gasteiger partial charge in [-0.3, -0.25) is 14.4 Å². The van der Waals surface area contributed by atoms with Gasteiger partial charge in [0, 0.05) is 77.1 Å². The molecule has 0 unspecified atom stereocenters. The second-order valence-corrected chi connectivity index (χ2v) is 18.1. The Bertz CT molecular complexity index is 3390. The van der Waals surface area contributed by atoms with Crippen molar-refractivity contribution in [1.29, 1.82) is 0 Å². The molecule has 3 heterocycles. The Morgan fingerprint density at radius 3 is 2.05 bits per heavy atom. The van der Waals surface area contributed by atoms with E-state index in [1.165, 1.54) is 66.7 Å². The van der Waals surface area contributed by atoms with Gasteiger partial charge in [-0.2, -0.15) is 23.0 Å². The number of hydrogen-bond acceptors (Lipinski definition) is 11. The van der Waals surface area contributed by atoms with Gasteiger partial charge in [0.15, 0.2) is 10.7 Å². The van der Waals surface area contributed by atoms with Gasteiger partial charge in [-0.15, -0.1) is 0 Å². The summed E-state index contributed by atoms with van der Waals surface area (Å²) in [5.41, 5.74) is -0.603. The van der Waals surface area contributed by atoms with Gasteiger partial charge in [-0.25, -0.2) is 9.59 Å². The zero-order valence-corrected chi connectivity index (χ0v) is 40.2. The molecule has 9 rings (SSSR count). The Balaban J connectivity index is 0.734. The summed E-state index contributed by atoms with van der Waals surface area (Å²) in [6.07, 6.45) is -2.09. The Hall–Kier alpha value is -8.49. The SMILES string of the molecule is O=C(CCNC(=S)Nc1ccc2c(c1)C(=O)OC21c2ccc(O)cc2Oc2cc(O)ccc21)NCCCCCCNC(=O)c1ccc2c(-c3ccc(C(=O)O)cc3)nn(C(=O)c3c(Cl)cccc3C(F)(F)F)c2c1. The number of phenolic OH excluding ortho intramolecular Hbond substituents is 2. The number of hydrogen-bond donors (Lipinski definition) is 7. The minimum Gasteiger partial charge on any atom is -0.508 e. The van der Waals surface area contributed by atoms with Crippen LogP contribution in [0.25, 0.3) is 22.2 Å². The molecule has 0 fully saturated rings. The van der Waals surface area contributed by atoms with Crippen LogP contribution in [0.2, 0.25) is 5.02 Å². The van der Waals surface area contributed by atoms with Gasteiger partial charge in [0.25, 0.3) is 11.8 Å². The number of aromatic nitrogens is 2. The summed E-state index contributed by atoms with van der Waals surface area (Å²) >= 11 is 11.6. The number of phenols is 2. The summed E-state index contributed by atoms with van der Waals surface area (Å²) in [4.78, 5) is 64.8. The van der Waals surface area contributed by atoms with Crippen LogP contribution in [0.1, 0.15) is 95.8 Å². The highest BCUT2D eigenvalue weighted by molar-refractivity contribution is 7.80. The summed E-state index contributed by atoms with van der Waals surface area (Å²) in [5, 5.41) is 45.9. The van der Waals surface area contributed by atoms with E-state index in [1.807, 2.05) is 0 Å². The number of fused-ring (bicyclic) bond motifs is 7. The molecule has 1 aromatic heterocycles. The van der Waals surface area contributed by atoms with Crippen LogP contribution in [-0.2, 0) is 21.3 Å². The van der Waals surface area contributed by atoms with Gasteiger partial charge in [0.1, 0.15) is 28.7 Å². The van der Waals surface area contributed by atoms with Crippen LogP contribution >= 0.6 is 23.8 Å². The number of nitrogens with one attached hydrogen (secondary N) is 4. The van der Waals surface area contributed by atoms with E-state index in [9.17, 15) is 52.5 Å². The van der Waals surface area contributed by atoms with E-state index in [1.54, 1.807) is 30.3 Å². The molecule has 7 N–H and O–H groups in total. The first kappa shape index (κ1) is 50.5. The van der Waals surface area contributed by atoms with Crippen molar-refractivity contribution in [3.8, 4) is 34.3 Å². The third-order valence-electron chi connectivity index (χ3n) is 12.5. The molecule has 0 atom stereocenters. The number of unbranched alkanes of at least 4 members (excludes halogenated alkanes) is 3. The number of thiocarbonyl (C=S) groups is 1. The summed E-state index contributed by atoms with van der Waals surface area (Å²) in [6.45, 7) is 0.917. The number of halogens is 4. The van der Waals surface area contributed by atoms with Gasteiger partial charge in [-0.05, 0) is 104 Å². The largest absolute Gasteiger partial charge is 0.508 e. The normalized spacial score (nSPS) is 13.0. The standard InChI is InChI=1S/C53H42ClF3N6O10S/c54-40-7-5-6-39(53(55,56)57)45(40)48(68)63-41-24-30(12-16-34(41)46(62-63)28-8-10-29(11-9-28)49(69)70)47(67)59-22-4-2-1-3-21-58-44(66)20-23-60-51(74)61-31-13-17-36-35(25-31)50(71)73-52(36)37-18-14-32(64)26-42(37)72-43-27-33(65)15-19-38(43)52/h5-19,24-27,64-65H,1-4,20-23H2,(H,58,66)(H,59,67)(H,69,70)(H2,60,61,74). The molecular weight excluding hydrogens is 1010 g/mol. The molecule has 74 heavy (non-hydrogen) atoms. The molecule has 6 aromatic carbocycles. The molecule has 0 bridgehead atoms. The number of nitrogens with zero attached hydrogens (tertiary/aromatic N) is 2. The Morgan fingerprint density at radius 1 is 0.743 bits per heavy atom. The summed E-state index contributed by atoms with van der Waals surface area (Å²) in [5.74, 6) is -3.26. The van der Waals surface area contributed by atoms with Crippen molar-refractivity contribution in [3.63, 3.8) is 0 Å². The maximum atomic E-state index is 14.1. The number of alkyl halides is 3. The molecule has 1 spiro atoms. The maximum absolute atomic E-state index is 14.1. The second kappa shape index (κ2) is 20.6. The third-order valence-corrected chi connectivity index (χ3v) is 13.0. The van der Waals surface area contributed by atoms with Gasteiger partial charge >= 0.3 is 18.1 Å². The number of carbonyl (C=O) groups excluding carboxylic acids is 4. The molecular formula is C53H42ClF3N6O10S. The quantitative estimate of drug-likeness (QED) is 0.0288. The van der Waals surface area contributed by atoms with E-state index in [0.29, 0.717) is 59.1 Å². The van der Waals surface area contributed by atoms with Crippen LogP contribution in [-0.4, -0.2) is 79.5 Å². The van der Waals surface area contributed by atoms with Gasteiger partial charge in [0.05, 0.1) is 32.8 Å². The number of ether oxygens (including phenoxy) is 2. The lowest BCUT2D eigenvalue weighted by atomic mass is 9.77. The fraction of sp³-hybridized carbons (Fsp3) is 0.189. The van der Waals surface area contributed by atoms with Crippen molar-refractivity contribution in [1.82, 2.24) is 25.7 Å². The molecule has 378 valence electrons. The Morgan fingerprint density at radius 2 is 1.39 bits per heavy atom. The van der Waals surface area contributed by atoms with E-state index < -0.39 is 51.7 Å². The molecule has 7 aromatic rings. The van der Waals surface area contributed by atoms with E-state index in [-0.39, 0.29) is 81.4 Å². The third kappa shape index (κ3) is 10.0. The molecule has 21 heteroatoms. The molecule has 2 aliphatic heterocycles. The number of carbonyl (C=O) groups is 5. The van der Waals surface area contributed by atoms with Crippen LogP contribution in [0.5, 0.6) is 23.0 Å².